The van der Waals surface area contributed by atoms with Gasteiger partial charge >= 0.3 is 0 Å². The molecule has 2 nitrogen and oxygen atoms in total. The van der Waals surface area contributed by atoms with Crippen molar-refractivity contribution in [3.63, 3.8) is 0 Å². The van der Waals surface area contributed by atoms with Gasteiger partial charge in [0, 0.05) is 21.7 Å². The molecule has 1 saturated carbocycles. The zero-order chi connectivity index (χ0) is 13.7. The first-order valence-electron chi connectivity index (χ1n) is 7.08. The van der Waals surface area contributed by atoms with E-state index in [1.807, 2.05) is 24.3 Å². The van der Waals surface area contributed by atoms with E-state index in [9.17, 15) is 4.21 Å². The van der Waals surface area contributed by atoms with Crippen LogP contribution in [-0.4, -0.2) is 22.5 Å². The molecule has 4 heteroatoms. The van der Waals surface area contributed by atoms with E-state index < -0.39 is 10.8 Å². The standard InChI is InChI=1S/C15H22ClNOS/c1-2-17-15(12-5-3-4-6-12)11-19(18)14-9-7-13(16)8-10-14/h7-10,12,15,17H,2-6,11H2,1H3. The van der Waals surface area contributed by atoms with Crippen molar-refractivity contribution in [2.24, 2.45) is 5.92 Å². The summed E-state index contributed by atoms with van der Waals surface area (Å²) in [6, 6.07) is 7.75. The van der Waals surface area contributed by atoms with Crippen LogP contribution in [-0.2, 0) is 10.8 Å². The second-order valence-electron chi connectivity index (χ2n) is 5.17. The average molecular weight is 300 g/mol. The summed E-state index contributed by atoms with van der Waals surface area (Å²) in [7, 11) is -0.940. The van der Waals surface area contributed by atoms with E-state index in [1.165, 1.54) is 25.7 Å². The summed E-state index contributed by atoms with van der Waals surface area (Å²) in [6.45, 7) is 3.06. The molecule has 0 saturated heterocycles. The minimum absolute atomic E-state index is 0.379. The molecular weight excluding hydrogens is 278 g/mol. The molecule has 0 bridgehead atoms. The third-order valence-electron chi connectivity index (χ3n) is 3.84. The summed E-state index contributed by atoms with van der Waals surface area (Å²) >= 11 is 5.86. The summed E-state index contributed by atoms with van der Waals surface area (Å²) in [6.07, 6.45) is 5.19. The van der Waals surface area contributed by atoms with Gasteiger partial charge in [-0.1, -0.05) is 31.4 Å². The van der Waals surface area contributed by atoms with Crippen molar-refractivity contribution in [3.8, 4) is 0 Å². The van der Waals surface area contributed by atoms with Crippen LogP contribution in [0.1, 0.15) is 32.6 Å². The van der Waals surface area contributed by atoms with Crippen molar-refractivity contribution in [1.82, 2.24) is 5.32 Å². The number of hydrogen-bond acceptors (Lipinski definition) is 2. The molecule has 1 aromatic carbocycles. The van der Waals surface area contributed by atoms with Crippen LogP contribution in [0.4, 0.5) is 0 Å². The van der Waals surface area contributed by atoms with Crippen LogP contribution in [0.2, 0.25) is 5.02 Å². The van der Waals surface area contributed by atoms with Gasteiger partial charge in [-0.3, -0.25) is 4.21 Å². The predicted octanol–water partition coefficient (Wildman–Crippen LogP) is 3.62. The maximum Gasteiger partial charge on any atom is 0.0545 e. The topological polar surface area (TPSA) is 29.1 Å². The smallest absolute Gasteiger partial charge is 0.0545 e. The Labute approximate surface area is 123 Å². The molecule has 0 radical (unpaired) electrons. The summed E-state index contributed by atoms with van der Waals surface area (Å²) in [5.41, 5.74) is 0. The van der Waals surface area contributed by atoms with E-state index in [-0.39, 0.29) is 0 Å². The Morgan fingerprint density at radius 1 is 1.32 bits per heavy atom. The van der Waals surface area contributed by atoms with Crippen molar-refractivity contribution < 1.29 is 4.21 Å². The third kappa shape index (κ3) is 4.30. The van der Waals surface area contributed by atoms with Gasteiger partial charge in [-0.05, 0) is 49.6 Å². The lowest BCUT2D eigenvalue weighted by Crippen LogP contribution is -2.39. The fourth-order valence-corrected chi connectivity index (χ4v) is 4.30. The number of halogens is 1. The lowest BCUT2D eigenvalue weighted by atomic mass is 10.00. The van der Waals surface area contributed by atoms with Gasteiger partial charge in [0.15, 0.2) is 0 Å². The third-order valence-corrected chi connectivity index (χ3v) is 5.55. The van der Waals surface area contributed by atoms with Gasteiger partial charge in [0.2, 0.25) is 0 Å². The van der Waals surface area contributed by atoms with Crippen molar-refractivity contribution in [3.05, 3.63) is 29.3 Å². The van der Waals surface area contributed by atoms with Gasteiger partial charge in [-0.2, -0.15) is 0 Å². The van der Waals surface area contributed by atoms with Crippen LogP contribution in [0.3, 0.4) is 0 Å². The summed E-state index contributed by atoms with van der Waals surface area (Å²) < 4.78 is 12.4. The molecule has 1 N–H and O–H groups in total. The minimum atomic E-state index is -0.940. The first-order chi connectivity index (χ1) is 9.20. The number of nitrogens with one attached hydrogen (secondary N) is 1. The summed E-state index contributed by atoms with van der Waals surface area (Å²) in [5, 5.41) is 4.21. The van der Waals surface area contributed by atoms with Crippen molar-refractivity contribution in [2.45, 2.75) is 43.5 Å². The van der Waals surface area contributed by atoms with E-state index in [0.717, 1.165) is 11.4 Å². The number of hydrogen-bond donors (Lipinski definition) is 1. The average Bonchev–Trinajstić information content (AvgIpc) is 2.92. The molecule has 0 aliphatic heterocycles. The summed E-state index contributed by atoms with van der Waals surface area (Å²) in [4.78, 5) is 0.880. The molecule has 1 fully saturated rings. The van der Waals surface area contributed by atoms with E-state index in [4.69, 9.17) is 11.6 Å². The van der Waals surface area contributed by atoms with Crippen LogP contribution < -0.4 is 5.32 Å². The SMILES string of the molecule is CCNC(CS(=O)c1ccc(Cl)cc1)C1CCCC1. The zero-order valence-corrected chi connectivity index (χ0v) is 13.0. The Hall–Kier alpha value is -0.380. The van der Waals surface area contributed by atoms with Gasteiger partial charge in [0.1, 0.15) is 0 Å². The van der Waals surface area contributed by atoms with Gasteiger partial charge in [0.25, 0.3) is 0 Å². The largest absolute Gasteiger partial charge is 0.313 e. The quantitative estimate of drug-likeness (QED) is 0.869. The van der Waals surface area contributed by atoms with E-state index in [2.05, 4.69) is 12.2 Å². The van der Waals surface area contributed by atoms with Gasteiger partial charge in [-0.15, -0.1) is 0 Å². The molecule has 19 heavy (non-hydrogen) atoms. The molecule has 0 spiro atoms. The zero-order valence-electron chi connectivity index (χ0n) is 11.4. The molecule has 1 aliphatic rings. The fourth-order valence-electron chi connectivity index (χ4n) is 2.83. The number of benzene rings is 1. The van der Waals surface area contributed by atoms with E-state index in [0.29, 0.717) is 22.7 Å². The molecule has 0 amide bonds. The van der Waals surface area contributed by atoms with Crippen LogP contribution in [0, 0.1) is 5.92 Å². The van der Waals surface area contributed by atoms with Gasteiger partial charge in [0.05, 0.1) is 10.8 Å². The highest BCUT2D eigenvalue weighted by atomic mass is 35.5. The fraction of sp³-hybridized carbons (Fsp3) is 0.600. The number of rotatable bonds is 6. The molecule has 2 unspecified atom stereocenters. The maximum atomic E-state index is 12.4. The maximum absolute atomic E-state index is 12.4. The Morgan fingerprint density at radius 3 is 2.53 bits per heavy atom. The van der Waals surface area contributed by atoms with E-state index in [1.54, 1.807) is 0 Å². The molecule has 1 aromatic rings. The second-order valence-corrected chi connectivity index (χ2v) is 7.11. The molecular formula is C15H22ClNOS. The van der Waals surface area contributed by atoms with Gasteiger partial charge < -0.3 is 5.32 Å². The lowest BCUT2D eigenvalue weighted by molar-refractivity contribution is 0.392. The highest BCUT2D eigenvalue weighted by Gasteiger charge is 2.26. The Bertz CT molecular complexity index is 415. The van der Waals surface area contributed by atoms with Crippen molar-refractivity contribution >= 4 is 22.4 Å². The Kier molecular flexibility index (Phi) is 5.86. The van der Waals surface area contributed by atoms with Crippen LogP contribution >= 0.6 is 11.6 Å². The lowest BCUT2D eigenvalue weighted by Gasteiger charge is -2.23. The second kappa shape index (κ2) is 7.41. The highest BCUT2D eigenvalue weighted by molar-refractivity contribution is 7.85. The van der Waals surface area contributed by atoms with Crippen LogP contribution in [0.15, 0.2) is 29.2 Å². The van der Waals surface area contributed by atoms with Crippen molar-refractivity contribution in [2.75, 3.05) is 12.3 Å². The van der Waals surface area contributed by atoms with E-state index >= 15 is 0 Å². The molecule has 2 atom stereocenters. The molecule has 1 aliphatic carbocycles. The Balaban J connectivity index is 1.99. The van der Waals surface area contributed by atoms with Crippen LogP contribution in [0.25, 0.3) is 0 Å². The predicted molar refractivity (Wildman–Crippen MR) is 82.2 cm³/mol. The molecule has 0 heterocycles. The van der Waals surface area contributed by atoms with Crippen molar-refractivity contribution in [1.29, 1.82) is 0 Å². The first-order valence-corrected chi connectivity index (χ1v) is 8.77. The first kappa shape index (κ1) is 15.0. The Morgan fingerprint density at radius 2 is 1.95 bits per heavy atom. The minimum Gasteiger partial charge on any atom is -0.313 e. The monoisotopic (exact) mass is 299 g/mol. The molecule has 106 valence electrons. The molecule has 2 rings (SSSR count). The summed E-state index contributed by atoms with van der Waals surface area (Å²) in [5.74, 6) is 1.40. The normalized spacial score (nSPS) is 19.5. The van der Waals surface area contributed by atoms with Crippen LogP contribution in [0.5, 0.6) is 0 Å². The van der Waals surface area contributed by atoms with Gasteiger partial charge in [-0.25, -0.2) is 0 Å². The highest BCUT2D eigenvalue weighted by Crippen LogP contribution is 2.28. The molecule has 0 aromatic heterocycles.